The van der Waals surface area contributed by atoms with Crippen LogP contribution in [0.3, 0.4) is 0 Å². The number of benzene rings is 1. The highest BCUT2D eigenvalue weighted by Crippen LogP contribution is 2.18. The van der Waals surface area contributed by atoms with Gasteiger partial charge in [-0.1, -0.05) is 6.07 Å². The SMILES string of the molecule is Cc1ccc(OCc2cncc(Br)c2)cc1F. The summed E-state index contributed by atoms with van der Waals surface area (Å²) in [5, 5.41) is 0. The average molecular weight is 296 g/mol. The van der Waals surface area contributed by atoms with E-state index in [1.807, 2.05) is 6.07 Å². The molecule has 1 heterocycles. The predicted octanol–water partition coefficient (Wildman–Crippen LogP) is 3.87. The first-order chi connectivity index (χ1) is 8.15. The van der Waals surface area contributed by atoms with Gasteiger partial charge in [0.25, 0.3) is 0 Å². The van der Waals surface area contributed by atoms with Gasteiger partial charge >= 0.3 is 0 Å². The van der Waals surface area contributed by atoms with Crippen LogP contribution in [0.1, 0.15) is 11.1 Å². The molecule has 0 N–H and O–H groups in total. The number of pyridine rings is 1. The lowest BCUT2D eigenvalue weighted by Crippen LogP contribution is -1.97. The summed E-state index contributed by atoms with van der Waals surface area (Å²) in [5.74, 6) is 0.267. The van der Waals surface area contributed by atoms with E-state index in [1.54, 1.807) is 31.5 Å². The second-order valence-electron chi connectivity index (χ2n) is 3.71. The molecule has 1 aromatic carbocycles. The number of hydrogen-bond acceptors (Lipinski definition) is 2. The third-order valence-corrected chi connectivity index (χ3v) is 2.74. The number of hydrogen-bond donors (Lipinski definition) is 0. The summed E-state index contributed by atoms with van der Waals surface area (Å²) in [6, 6.07) is 6.76. The maximum absolute atomic E-state index is 13.3. The summed E-state index contributed by atoms with van der Waals surface area (Å²) in [6.07, 6.45) is 3.42. The molecular formula is C13H11BrFNO. The molecule has 17 heavy (non-hydrogen) atoms. The largest absolute Gasteiger partial charge is 0.489 e. The van der Waals surface area contributed by atoms with Crippen LogP contribution in [-0.2, 0) is 6.61 Å². The van der Waals surface area contributed by atoms with Gasteiger partial charge in [0, 0.05) is 28.5 Å². The molecule has 0 aliphatic heterocycles. The Morgan fingerprint density at radius 1 is 1.29 bits per heavy atom. The molecule has 0 saturated carbocycles. The van der Waals surface area contributed by atoms with Crippen LogP contribution in [0.4, 0.5) is 4.39 Å². The van der Waals surface area contributed by atoms with Crippen molar-refractivity contribution in [2.24, 2.45) is 0 Å². The van der Waals surface area contributed by atoms with E-state index < -0.39 is 0 Å². The molecule has 4 heteroatoms. The number of ether oxygens (including phenoxy) is 1. The molecule has 0 radical (unpaired) electrons. The van der Waals surface area contributed by atoms with Crippen molar-refractivity contribution in [2.75, 3.05) is 0 Å². The average Bonchev–Trinajstić information content (AvgIpc) is 2.31. The molecule has 2 aromatic rings. The molecule has 2 rings (SSSR count). The van der Waals surface area contributed by atoms with Crippen molar-refractivity contribution in [3.63, 3.8) is 0 Å². The zero-order valence-corrected chi connectivity index (χ0v) is 10.9. The van der Waals surface area contributed by atoms with E-state index in [4.69, 9.17) is 4.74 Å². The first-order valence-electron chi connectivity index (χ1n) is 5.13. The Morgan fingerprint density at radius 2 is 2.12 bits per heavy atom. The fourth-order valence-corrected chi connectivity index (χ4v) is 1.78. The second-order valence-corrected chi connectivity index (χ2v) is 4.63. The van der Waals surface area contributed by atoms with Crippen molar-refractivity contribution < 1.29 is 9.13 Å². The van der Waals surface area contributed by atoms with E-state index >= 15 is 0 Å². The van der Waals surface area contributed by atoms with E-state index in [9.17, 15) is 4.39 Å². The Morgan fingerprint density at radius 3 is 2.82 bits per heavy atom. The van der Waals surface area contributed by atoms with Gasteiger partial charge in [-0.25, -0.2) is 4.39 Å². The van der Waals surface area contributed by atoms with E-state index in [-0.39, 0.29) is 5.82 Å². The van der Waals surface area contributed by atoms with Crippen LogP contribution in [0.25, 0.3) is 0 Å². The number of nitrogens with zero attached hydrogens (tertiary/aromatic N) is 1. The zero-order valence-electron chi connectivity index (χ0n) is 9.28. The van der Waals surface area contributed by atoms with E-state index in [1.165, 1.54) is 6.07 Å². The zero-order chi connectivity index (χ0) is 12.3. The van der Waals surface area contributed by atoms with Crippen molar-refractivity contribution in [3.05, 3.63) is 58.1 Å². The first-order valence-corrected chi connectivity index (χ1v) is 5.93. The molecule has 88 valence electrons. The van der Waals surface area contributed by atoms with Gasteiger partial charge in [-0.2, -0.15) is 0 Å². The van der Waals surface area contributed by atoms with Crippen molar-refractivity contribution in [3.8, 4) is 5.75 Å². The predicted molar refractivity (Wildman–Crippen MR) is 67.4 cm³/mol. The van der Waals surface area contributed by atoms with Crippen molar-refractivity contribution >= 4 is 15.9 Å². The monoisotopic (exact) mass is 295 g/mol. The number of aromatic nitrogens is 1. The lowest BCUT2D eigenvalue weighted by molar-refractivity contribution is 0.304. The molecule has 1 aromatic heterocycles. The summed E-state index contributed by atoms with van der Waals surface area (Å²) in [5.41, 5.74) is 1.54. The molecule has 0 fully saturated rings. The second kappa shape index (κ2) is 5.27. The van der Waals surface area contributed by atoms with Crippen LogP contribution >= 0.6 is 15.9 Å². The minimum absolute atomic E-state index is 0.255. The smallest absolute Gasteiger partial charge is 0.129 e. The lowest BCUT2D eigenvalue weighted by Gasteiger charge is -2.07. The van der Waals surface area contributed by atoms with Gasteiger partial charge in [0.05, 0.1) is 0 Å². The molecule has 0 aliphatic rings. The summed E-state index contributed by atoms with van der Waals surface area (Å²) < 4.78 is 19.6. The van der Waals surface area contributed by atoms with Gasteiger partial charge < -0.3 is 4.74 Å². The Hall–Kier alpha value is -1.42. The Bertz CT molecular complexity index is 531. The van der Waals surface area contributed by atoms with Gasteiger partial charge in [0.2, 0.25) is 0 Å². The van der Waals surface area contributed by atoms with Gasteiger partial charge in [0.15, 0.2) is 0 Å². The molecule has 0 saturated heterocycles. The van der Waals surface area contributed by atoms with Gasteiger partial charge in [0.1, 0.15) is 18.2 Å². The summed E-state index contributed by atoms with van der Waals surface area (Å²) in [6.45, 7) is 2.09. The van der Waals surface area contributed by atoms with Crippen LogP contribution in [-0.4, -0.2) is 4.98 Å². The molecule has 0 aliphatic carbocycles. The lowest BCUT2D eigenvalue weighted by atomic mass is 10.2. The normalized spacial score (nSPS) is 10.3. The molecule has 0 atom stereocenters. The van der Waals surface area contributed by atoms with Crippen LogP contribution in [0.2, 0.25) is 0 Å². The Kier molecular flexibility index (Phi) is 3.74. The van der Waals surface area contributed by atoms with Gasteiger partial charge in [-0.15, -0.1) is 0 Å². The maximum Gasteiger partial charge on any atom is 0.129 e. The topological polar surface area (TPSA) is 22.1 Å². The highest BCUT2D eigenvalue weighted by molar-refractivity contribution is 9.10. The van der Waals surface area contributed by atoms with Crippen LogP contribution < -0.4 is 4.74 Å². The summed E-state index contributed by atoms with van der Waals surface area (Å²) in [7, 11) is 0. The molecule has 0 spiro atoms. The van der Waals surface area contributed by atoms with Crippen LogP contribution in [0.5, 0.6) is 5.75 Å². The van der Waals surface area contributed by atoms with Crippen LogP contribution in [0, 0.1) is 12.7 Å². The van der Waals surface area contributed by atoms with Gasteiger partial charge in [-0.05, 0) is 40.5 Å². The number of aryl methyl sites for hydroxylation is 1. The molecule has 0 unspecified atom stereocenters. The number of rotatable bonds is 3. The maximum atomic E-state index is 13.3. The fourth-order valence-electron chi connectivity index (χ4n) is 1.36. The Balaban J connectivity index is 2.05. The van der Waals surface area contributed by atoms with Crippen molar-refractivity contribution in [2.45, 2.75) is 13.5 Å². The molecule has 0 amide bonds. The van der Waals surface area contributed by atoms with Crippen molar-refractivity contribution in [1.82, 2.24) is 4.98 Å². The van der Waals surface area contributed by atoms with E-state index in [2.05, 4.69) is 20.9 Å². The minimum atomic E-state index is -0.255. The standard InChI is InChI=1S/C13H11BrFNO/c1-9-2-3-12(5-13(9)15)17-8-10-4-11(14)7-16-6-10/h2-7H,8H2,1H3. The van der Waals surface area contributed by atoms with Crippen LogP contribution in [0.15, 0.2) is 41.1 Å². The summed E-state index contributed by atoms with van der Waals surface area (Å²) in [4.78, 5) is 4.03. The highest BCUT2D eigenvalue weighted by atomic mass is 79.9. The van der Waals surface area contributed by atoms with Crippen molar-refractivity contribution in [1.29, 1.82) is 0 Å². The van der Waals surface area contributed by atoms with E-state index in [0.29, 0.717) is 17.9 Å². The van der Waals surface area contributed by atoms with Gasteiger partial charge in [-0.3, -0.25) is 4.98 Å². The molecule has 0 bridgehead atoms. The molecule has 2 nitrogen and oxygen atoms in total. The van der Waals surface area contributed by atoms with E-state index in [0.717, 1.165) is 10.0 Å². The third kappa shape index (κ3) is 3.27. The minimum Gasteiger partial charge on any atom is -0.489 e. The first kappa shape index (κ1) is 12.0. The fraction of sp³-hybridized carbons (Fsp3) is 0.154. The number of halogens is 2. The quantitative estimate of drug-likeness (QED) is 0.857. The summed E-state index contributed by atoms with van der Waals surface area (Å²) >= 11 is 3.33. The highest BCUT2D eigenvalue weighted by Gasteiger charge is 2.01. The molecular weight excluding hydrogens is 285 g/mol. The Labute approximate surface area is 108 Å². The third-order valence-electron chi connectivity index (χ3n) is 2.31.